The molecular weight excluding hydrogens is 318 g/mol. The number of rotatable bonds is 6. The summed E-state index contributed by atoms with van der Waals surface area (Å²) in [6.07, 6.45) is 2.08. The van der Waals surface area contributed by atoms with Gasteiger partial charge in [0.1, 0.15) is 5.75 Å². The lowest BCUT2D eigenvalue weighted by atomic mass is 9.93. The summed E-state index contributed by atoms with van der Waals surface area (Å²) in [4.78, 5) is 25.0. The molecule has 1 aliphatic heterocycles. The van der Waals surface area contributed by atoms with E-state index in [4.69, 9.17) is 21.4 Å². The van der Waals surface area contributed by atoms with Crippen molar-refractivity contribution in [3.05, 3.63) is 29.3 Å². The van der Waals surface area contributed by atoms with E-state index in [-0.39, 0.29) is 18.2 Å². The number of halogens is 1. The van der Waals surface area contributed by atoms with E-state index >= 15 is 0 Å². The van der Waals surface area contributed by atoms with E-state index in [0.717, 1.165) is 12.8 Å². The van der Waals surface area contributed by atoms with E-state index < -0.39 is 12.1 Å². The zero-order valence-corrected chi connectivity index (χ0v) is 14.0. The summed E-state index contributed by atoms with van der Waals surface area (Å²) in [6, 6.07) is 6.91. The normalized spacial score (nSPS) is 19.2. The predicted octanol–water partition coefficient (Wildman–Crippen LogP) is 3.21. The van der Waals surface area contributed by atoms with Crippen molar-refractivity contribution in [3.63, 3.8) is 0 Å². The molecule has 1 amide bonds. The Hall–Kier alpha value is -1.75. The molecular formula is C17H22ClNO4. The molecule has 126 valence electrons. The molecule has 0 radical (unpaired) electrons. The van der Waals surface area contributed by atoms with Crippen molar-refractivity contribution >= 4 is 23.5 Å². The molecule has 1 aliphatic rings. The number of hydrogen-bond acceptors (Lipinski definition) is 3. The van der Waals surface area contributed by atoms with Gasteiger partial charge in [-0.15, -0.1) is 0 Å². The maximum absolute atomic E-state index is 12.5. The Balaban J connectivity index is 1.87. The standard InChI is InChI=1S/C17H22ClNO4/c1-12(23-15-7-5-14(18)6-8-15)17(22)19-10-2-3-13(11-19)4-9-16(20)21/h5-8,12-13H,2-4,9-11H2,1H3,(H,20,21). The Morgan fingerprint density at radius 1 is 1.39 bits per heavy atom. The first-order valence-electron chi connectivity index (χ1n) is 7.88. The number of piperidine rings is 1. The van der Waals surface area contributed by atoms with Crippen molar-refractivity contribution in [1.82, 2.24) is 4.90 Å². The molecule has 1 aromatic carbocycles. The molecule has 1 aromatic rings. The van der Waals surface area contributed by atoms with Crippen LogP contribution >= 0.6 is 11.6 Å². The minimum Gasteiger partial charge on any atom is -0.481 e. The highest BCUT2D eigenvalue weighted by Gasteiger charge is 2.28. The van der Waals surface area contributed by atoms with Crippen molar-refractivity contribution in [2.45, 2.75) is 38.7 Å². The number of likely N-dealkylation sites (tertiary alicyclic amines) is 1. The fourth-order valence-electron chi connectivity index (χ4n) is 2.85. The molecule has 0 saturated carbocycles. The van der Waals surface area contributed by atoms with E-state index in [0.29, 0.717) is 30.3 Å². The van der Waals surface area contributed by atoms with Crippen molar-refractivity contribution in [2.24, 2.45) is 5.92 Å². The summed E-state index contributed by atoms with van der Waals surface area (Å²) in [5, 5.41) is 9.40. The highest BCUT2D eigenvalue weighted by Crippen LogP contribution is 2.23. The minimum atomic E-state index is -0.784. The third-order valence-corrected chi connectivity index (χ3v) is 4.32. The van der Waals surface area contributed by atoms with Gasteiger partial charge >= 0.3 is 5.97 Å². The van der Waals surface area contributed by atoms with Gasteiger partial charge < -0.3 is 14.7 Å². The van der Waals surface area contributed by atoms with Crippen LogP contribution in [0, 0.1) is 5.92 Å². The number of carbonyl (C=O) groups is 2. The molecule has 1 N–H and O–H groups in total. The summed E-state index contributed by atoms with van der Waals surface area (Å²) < 4.78 is 5.67. The SMILES string of the molecule is CC(Oc1ccc(Cl)cc1)C(=O)N1CCCC(CCC(=O)O)C1. The Morgan fingerprint density at radius 2 is 2.09 bits per heavy atom. The fourth-order valence-corrected chi connectivity index (χ4v) is 2.98. The zero-order chi connectivity index (χ0) is 16.8. The molecule has 23 heavy (non-hydrogen) atoms. The van der Waals surface area contributed by atoms with Crippen LogP contribution < -0.4 is 4.74 Å². The van der Waals surface area contributed by atoms with Crippen LogP contribution in [0.5, 0.6) is 5.75 Å². The van der Waals surface area contributed by atoms with Gasteiger partial charge in [-0.1, -0.05) is 11.6 Å². The van der Waals surface area contributed by atoms with E-state index in [9.17, 15) is 9.59 Å². The van der Waals surface area contributed by atoms with Crippen LogP contribution in [-0.2, 0) is 9.59 Å². The quantitative estimate of drug-likeness (QED) is 0.864. The number of carboxylic acid groups (broad SMARTS) is 1. The van der Waals surface area contributed by atoms with Gasteiger partial charge in [-0.2, -0.15) is 0 Å². The van der Waals surface area contributed by atoms with Crippen molar-refractivity contribution in [2.75, 3.05) is 13.1 Å². The number of ether oxygens (including phenoxy) is 1. The predicted molar refractivity (Wildman–Crippen MR) is 87.7 cm³/mol. The number of nitrogens with zero attached hydrogens (tertiary/aromatic N) is 1. The highest BCUT2D eigenvalue weighted by molar-refractivity contribution is 6.30. The molecule has 2 unspecified atom stereocenters. The van der Waals surface area contributed by atoms with Crippen LogP contribution in [-0.4, -0.2) is 41.1 Å². The summed E-state index contributed by atoms with van der Waals surface area (Å²) >= 11 is 5.83. The number of carbonyl (C=O) groups excluding carboxylic acids is 1. The van der Waals surface area contributed by atoms with E-state index in [1.165, 1.54) is 0 Å². The Bertz CT molecular complexity index is 546. The van der Waals surface area contributed by atoms with Gasteiger partial charge in [-0.25, -0.2) is 0 Å². The number of benzene rings is 1. The molecule has 1 heterocycles. The summed E-state index contributed by atoms with van der Waals surface area (Å²) in [5.74, 6) is 0.0223. The summed E-state index contributed by atoms with van der Waals surface area (Å²) in [6.45, 7) is 3.05. The molecule has 1 saturated heterocycles. The molecule has 0 aromatic heterocycles. The minimum absolute atomic E-state index is 0.0556. The summed E-state index contributed by atoms with van der Waals surface area (Å²) in [5.41, 5.74) is 0. The average Bonchev–Trinajstić information content (AvgIpc) is 2.54. The van der Waals surface area contributed by atoms with Gasteiger partial charge in [0.05, 0.1) is 0 Å². The lowest BCUT2D eigenvalue weighted by Crippen LogP contribution is -2.45. The zero-order valence-electron chi connectivity index (χ0n) is 13.2. The number of amides is 1. The van der Waals surface area contributed by atoms with E-state index in [1.807, 2.05) is 0 Å². The second-order valence-electron chi connectivity index (χ2n) is 5.94. The average molecular weight is 340 g/mol. The molecule has 5 nitrogen and oxygen atoms in total. The second-order valence-corrected chi connectivity index (χ2v) is 6.38. The molecule has 1 fully saturated rings. The Labute approximate surface area is 141 Å². The maximum Gasteiger partial charge on any atom is 0.303 e. The van der Waals surface area contributed by atoms with Crippen LogP contribution in [0.4, 0.5) is 0 Å². The first-order valence-corrected chi connectivity index (χ1v) is 8.26. The fraction of sp³-hybridized carbons (Fsp3) is 0.529. The molecule has 0 bridgehead atoms. The van der Waals surface area contributed by atoms with Gasteiger partial charge in [0.15, 0.2) is 6.10 Å². The van der Waals surface area contributed by atoms with Crippen LogP contribution in [0.25, 0.3) is 0 Å². The lowest BCUT2D eigenvalue weighted by molar-refractivity contribution is -0.140. The number of carboxylic acids is 1. The molecule has 0 spiro atoms. The largest absolute Gasteiger partial charge is 0.481 e. The Morgan fingerprint density at radius 3 is 2.74 bits per heavy atom. The molecule has 2 atom stereocenters. The first-order chi connectivity index (χ1) is 11.0. The third kappa shape index (κ3) is 5.43. The monoisotopic (exact) mass is 339 g/mol. The summed E-state index contributed by atoms with van der Waals surface area (Å²) in [7, 11) is 0. The number of hydrogen-bond donors (Lipinski definition) is 1. The third-order valence-electron chi connectivity index (χ3n) is 4.07. The maximum atomic E-state index is 12.5. The smallest absolute Gasteiger partial charge is 0.303 e. The Kier molecular flexibility index (Phi) is 6.28. The van der Waals surface area contributed by atoms with Crippen LogP contribution in [0.2, 0.25) is 5.02 Å². The van der Waals surface area contributed by atoms with Gasteiger partial charge in [0, 0.05) is 24.5 Å². The lowest BCUT2D eigenvalue weighted by Gasteiger charge is -2.34. The van der Waals surface area contributed by atoms with Crippen LogP contribution in [0.15, 0.2) is 24.3 Å². The highest BCUT2D eigenvalue weighted by atomic mass is 35.5. The van der Waals surface area contributed by atoms with Crippen molar-refractivity contribution in [3.8, 4) is 5.75 Å². The van der Waals surface area contributed by atoms with E-state index in [1.54, 1.807) is 36.1 Å². The molecule has 0 aliphatic carbocycles. The topological polar surface area (TPSA) is 66.8 Å². The van der Waals surface area contributed by atoms with Crippen LogP contribution in [0.3, 0.4) is 0 Å². The van der Waals surface area contributed by atoms with Gasteiger partial charge in [0.25, 0.3) is 5.91 Å². The number of aliphatic carboxylic acids is 1. The van der Waals surface area contributed by atoms with Gasteiger partial charge in [0.2, 0.25) is 0 Å². The van der Waals surface area contributed by atoms with Gasteiger partial charge in [-0.05, 0) is 56.4 Å². The molecule has 2 rings (SSSR count). The van der Waals surface area contributed by atoms with Crippen molar-refractivity contribution in [1.29, 1.82) is 0 Å². The molecule has 6 heteroatoms. The van der Waals surface area contributed by atoms with Gasteiger partial charge in [-0.3, -0.25) is 9.59 Å². The van der Waals surface area contributed by atoms with E-state index in [2.05, 4.69) is 0 Å². The van der Waals surface area contributed by atoms with Crippen molar-refractivity contribution < 1.29 is 19.4 Å². The first kappa shape index (κ1) is 17.6. The van der Waals surface area contributed by atoms with Crippen LogP contribution in [0.1, 0.15) is 32.6 Å². The second kappa shape index (κ2) is 8.20.